The van der Waals surface area contributed by atoms with Gasteiger partial charge in [0.05, 0.1) is 6.10 Å². The molecule has 1 fully saturated rings. The van der Waals surface area contributed by atoms with Gasteiger partial charge in [-0.15, -0.1) is 0 Å². The van der Waals surface area contributed by atoms with Crippen molar-refractivity contribution in [1.82, 2.24) is 0 Å². The summed E-state index contributed by atoms with van der Waals surface area (Å²) in [6.07, 6.45) is 2.69. The maximum atomic E-state index is 5.27. The number of nitrogens with one attached hydrogen (secondary N) is 1. The van der Waals surface area contributed by atoms with Crippen molar-refractivity contribution in [3.05, 3.63) is 27.7 Å². The third kappa shape index (κ3) is 2.41. The topological polar surface area (TPSA) is 21.3 Å². The maximum absolute atomic E-state index is 5.27. The Bertz CT molecular complexity index is 363. The minimum atomic E-state index is 0.454. The van der Waals surface area contributed by atoms with E-state index in [0.717, 1.165) is 12.8 Å². The first kappa shape index (κ1) is 11.9. The van der Waals surface area contributed by atoms with E-state index in [-0.39, 0.29) is 0 Å². The molecule has 0 spiro atoms. The van der Waals surface area contributed by atoms with Crippen LogP contribution in [0.1, 0.15) is 24.0 Å². The standard InChI is InChI=1S/C13H18BrNO/c1-8-4-10(5-9(2)13(8)14)15-11-6-12(7-11)16-3/h4-5,11-12,15H,6-7H2,1-3H3. The molecule has 0 unspecified atom stereocenters. The van der Waals surface area contributed by atoms with Gasteiger partial charge in [-0.05, 0) is 49.9 Å². The van der Waals surface area contributed by atoms with E-state index in [1.807, 2.05) is 0 Å². The number of hydrogen-bond acceptors (Lipinski definition) is 2. The number of halogens is 1. The van der Waals surface area contributed by atoms with Crippen LogP contribution in [0.25, 0.3) is 0 Å². The molecule has 2 rings (SSSR count). The Kier molecular flexibility index (Phi) is 3.55. The van der Waals surface area contributed by atoms with Gasteiger partial charge in [-0.2, -0.15) is 0 Å². The molecule has 1 aromatic carbocycles. The van der Waals surface area contributed by atoms with Crippen LogP contribution in [-0.4, -0.2) is 19.3 Å². The first-order valence-electron chi connectivity index (χ1n) is 5.66. The average molecular weight is 284 g/mol. The van der Waals surface area contributed by atoms with E-state index in [1.54, 1.807) is 7.11 Å². The zero-order valence-corrected chi connectivity index (χ0v) is 11.6. The highest BCUT2D eigenvalue weighted by molar-refractivity contribution is 9.10. The summed E-state index contributed by atoms with van der Waals surface area (Å²) in [6.45, 7) is 4.25. The molecule has 88 valence electrons. The number of hydrogen-bond donors (Lipinski definition) is 1. The summed E-state index contributed by atoms with van der Waals surface area (Å²) >= 11 is 3.58. The molecule has 1 aliphatic rings. The van der Waals surface area contributed by atoms with Crippen molar-refractivity contribution < 1.29 is 4.74 Å². The molecule has 0 aliphatic heterocycles. The van der Waals surface area contributed by atoms with Gasteiger partial charge in [-0.1, -0.05) is 15.9 Å². The summed E-state index contributed by atoms with van der Waals surface area (Å²) in [5.41, 5.74) is 3.79. The van der Waals surface area contributed by atoms with Crippen molar-refractivity contribution in [3.63, 3.8) is 0 Å². The lowest BCUT2D eigenvalue weighted by molar-refractivity contribution is 0.0329. The summed E-state index contributed by atoms with van der Waals surface area (Å²) in [5, 5.41) is 3.55. The zero-order chi connectivity index (χ0) is 11.7. The molecule has 1 aromatic rings. The minimum absolute atomic E-state index is 0.454. The molecule has 0 radical (unpaired) electrons. The fourth-order valence-corrected chi connectivity index (χ4v) is 2.37. The summed E-state index contributed by atoms with van der Waals surface area (Å²) in [5.74, 6) is 0. The Morgan fingerprint density at radius 2 is 1.81 bits per heavy atom. The Hall–Kier alpha value is -0.540. The Balaban J connectivity index is 2.01. The maximum Gasteiger partial charge on any atom is 0.0610 e. The van der Waals surface area contributed by atoms with E-state index >= 15 is 0 Å². The number of rotatable bonds is 3. The van der Waals surface area contributed by atoms with E-state index in [0.29, 0.717) is 12.1 Å². The van der Waals surface area contributed by atoms with Crippen LogP contribution >= 0.6 is 15.9 Å². The van der Waals surface area contributed by atoms with Crippen LogP contribution in [-0.2, 0) is 4.74 Å². The molecule has 0 atom stereocenters. The van der Waals surface area contributed by atoms with Gasteiger partial charge in [0.15, 0.2) is 0 Å². The molecular formula is C13H18BrNO. The van der Waals surface area contributed by atoms with Crippen LogP contribution < -0.4 is 5.32 Å². The lowest BCUT2D eigenvalue weighted by Crippen LogP contribution is -2.40. The van der Waals surface area contributed by atoms with Gasteiger partial charge in [0.25, 0.3) is 0 Å². The summed E-state index contributed by atoms with van der Waals surface area (Å²) in [4.78, 5) is 0. The normalized spacial score (nSPS) is 24.0. The number of ether oxygens (including phenoxy) is 1. The minimum Gasteiger partial charge on any atom is -0.382 e. The fourth-order valence-electron chi connectivity index (χ4n) is 2.14. The second-order valence-electron chi connectivity index (χ2n) is 4.59. The van der Waals surface area contributed by atoms with Crippen molar-refractivity contribution in [2.75, 3.05) is 12.4 Å². The quantitative estimate of drug-likeness (QED) is 0.914. The zero-order valence-electron chi connectivity index (χ0n) is 10.0. The van der Waals surface area contributed by atoms with Gasteiger partial charge >= 0.3 is 0 Å². The van der Waals surface area contributed by atoms with Gasteiger partial charge in [-0.3, -0.25) is 0 Å². The lowest BCUT2D eigenvalue weighted by atomic mass is 9.89. The molecule has 1 aliphatic carbocycles. The number of benzene rings is 1. The molecule has 0 saturated heterocycles. The van der Waals surface area contributed by atoms with Crippen molar-refractivity contribution >= 4 is 21.6 Å². The molecule has 0 heterocycles. The highest BCUT2D eigenvalue weighted by Gasteiger charge is 2.28. The second kappa shape index (κ2) is 4.76. The molecule has 3 heteroatoms. The van der Waals surface area contributed by atoms with E-state index in [1.165, 1.54) is 21.3 Å². The van der Waals surface area contributed by atoms with Crippen molar-refractivity contribution in [1.29, 1.82) is 0 Å². The predicted molar refractivity (Wildman–Crippen MR) is 71.1 cm³/mol. The molecule has 0 amide bonds. The highest BCUT2D eigenvalue weighted by Crippen LogP contribution is 2.29. The van der Waals surface area contributed by atoms with Gasteiger partial charge in [0.2, 0.25) is 0 Å². The van der Waals surface area contributed by atoms with E-state index in [4.69, 9.17) is 4.74 Å². The molecule has 1 N–H and O–H groups in total. The van der Waals surface area contributed by atoms with E-state index < -0.39 is 0 Å². The molecule has 16 heavy (non-hydrogen) atoms. The van der Waals surface area contributed by atoms with Gasteiger partial charge in [0.1, 0.15) is 0 Å². The summed E-state index contributed by atoms with van der Waals surface area (Å²) < 4.78 is 6.48. The van der Waals surface area contributed by atoms with Crippen LogP contribution in [0.4, 0.5) is 5.69 Å². The van der Waals surface area contributed by atoms with Gasteiger partial charge in [0, 0.05) is 23.3 Å². The largest absolute Gasteiger partial charge is 0.382 e. The number of anilines is 1. The smallest absolute Gasteiger partial charge is 0.0610 e. The molecule has 2 nitrogen and oxygen atoms in total. The van der Waals surface area contributed by atoms with Crippen molar-refractivity contribution in [2.24, 2.45) is 0 Å². The Morgan fingerprint density at radius 3 is 2.31 bits per heavy atom. The van der Waals surface area contributed by atoms with Crippen LogP contribution in [0.3, 0.4) is 0 Å². The molecular weight excluding hydrogens is 266 g/mol. The fraction of sp³-hybridized carbons (Fsp3) is 0.538. The molecule has 0 bridgehead atoms. The van der Waals surface area contributed by atoms with Crippen LogP contribution in [0.2, 0.25) is 0 Å². The number of aryl methyl sites for hydroxylation is 2. The molecule has 1 saturated carbocycles. The summed E-state index contributed by atoms with van der Waals surface area (Å²) in [6, 6.07) is 4.96. The van der Waals surface area contributed by atoms with E-state index in [9.17, 15) is 0 Å². The van der Waals surface area contributed by atoms with Crippen LogP contribution in [0, 0.1) is 13.8 Å². The van der Waals surface area contributed by atoms with Crippen LogP contribution in [0.15, 0.2) is 16.6 Å². The SMILES string of the molecule is COC1CC(Nc2cc(C)c(Br)c(C)c2)C1. The Morgan fingerprint density at radius 1 is 1.25 bits per heavy atom. The van der Waals surface area contributed by atoms with Crippen LogP contribution in [0.5, 0.6) is 0 Å². The van der Waals surface area contributed by atoms with Gasteiger partial charge in [-0.25, -0.2) is 0 Å². The number of methoxy groups -OCH3 is 1. The molecule has 0 aromatic heterocycles. The first-order chi connectivity index (χ1) is 7.60. The second-order valence-corrected chi connectivity index (χ2v) is 5.39. The average Bonchev–Trinajstić information content (AvgIpc) is 2.19. The Labute approximate surface area is 106 Å². The lowest BCUT2D eigenvalue weighted by Gasteiger charge is -2.35. The summed E-state index contributed by atoms with van der Waals surface area (Å²) in [7, 11) is 1.79. The highest BCUT2D eigenvalue weighted by atomic mass is 79.9. The third-order valence-corrected chi connectivity index (χ3v) is 4.49. The van der Waals surface area contributed by atoms with Crippen molar-refractivity contribution in [2.45, 2.75) is 38.8 Å². The predicted octanol–water partition coefficient (Wildman–Crippen LogP) is 3.66. The van der Waals surface area contributed by atoms with Gasteiger partial charge < -0.3 is 10.1 Å². The first-order valence-corrected chi connectivity index (χ1v) is 6.45. The monoisotopic (exact) mass is 283 g/mol. The van der Waals surface area contributed by atoms with Crippen molar-refractivity contribution in [3.8, 4) is 0 Å². The van der Waals surface area contributed by atoms with E-state index in [2.05, 4.69) is 47.2 Å². The third-order valence-electron chi connectivity index (χ3n) is 3.24.